The van der Waals surface area contributed by atoms with Gasteiger partial charge in [0, 0.05) is 5.02 Å². The number of alkyl halides is 1. The summed E-state index contributed by atoms with van der Waals surface area (Å²) in [7, 11) is 0. The van der Waals surface area contributed by atoms with Gasteiger partial charge in [0.1, 0.15) is 18.5 Å². The predicted octanol–water partition coefficient (Wildman–Crippen LogP) is 5.05. The third-order valence-electron chi connectivity index (χ3n) is 3.32. The van der Waals surface area contributed by atoms with E-state index in [0.717, 1.165) is 16.7 Å². The lowest BCUT2D eigenvalue weighted by Gasteiger charge is -2.15. The van der Waals surface area contributed by atoms with Gasteiger partial charge in [0.25, 0.3) is 0 Å². The number of hydrogen-bond donors (Lipinski definition) is 0. The third kappa shape index (κ3) is 3.60. The van der Waals surface area contributed by atoms with Gasteiger partial charge < -0.3 is 0 Å². The van der Waals surface area contributed by atoms with Crippen LogP contribution in [0.5, 0.6) is 0 Å². The monoisotopic (exact) mass is 347 g/mol. The van der Waals surface area contributed by atoms with Gasteiger partial charge in [-0.05, 0) is 41.0 Å². The summed E-state index contributed by atoms with van der Waals surface area (Å²) in [5.41, 5.74) is 1.74. The van der Waals surface area contributed by atoms with E-state index in [-0.39, 0.29) is 5.82 Å². The number of rotatable bonds is 4. The molecule has 0 saturated carbocycles. The minimum Gasteiger partial charge on any atom is -0.230 e. The van der Waals surface area contributed by atoms with E-state index in [9.17, 15) is 4.39 Å². The van der Waals surface area contributed by atoms with Crippen LogP contribution in [0.25, 0.3) is 11.6 Å². The molecule has 0 fully saturated rings. The summed E-state index contributed by atoms with van der Waals surface area (Å²) < 4.78 is 14.7. The molecule has 23 heavy (non-hydrogen) atoms. The van der Waals surface area contributed by atoms with Gasteiger partial charge in [-0.3, -0.25) is 0 Å². The highest BCUT2D eigenvalue weighted by Gasteiger charge is 2.16. The lowest BCUT2D eigenvalue weighted by Crippen LogP contribution is -2.06. The van der Waals surface area contributed by atoms with Gasteiger partial charge in [0.15, 0.2) is 5.50 Å². The smallest absolute Gasteiger partial charge is 0.153 e. The Hall–Kier alpha value is -2.17. The molecule has 0 aliphatic carbocycles. The molecule has 3 nitrogen and oxygen atoms in total. The van der Waals surface area contributed by atoms with Crippen molar-refractivity contribution < 1.29 is 4.39 Å². The molecule has 1 heterocycles. The summed E-state index contributed by atoms with van der Waals surface area (Å²) in [6.07, 6.45) is 4.81. The molecule has 0 radical (unpaired) electrons. The normalized spacial score (nSPS) is 13.1. The molecule has 0 bridgehead atoms. The molecule has 0 N–H and O–H groups in total. The molecule has 0 saturated heterocycles. The summed E-state index contributed by atoms with van der Waals surface area (Å²) in [6.45, 7) is 0. The Kier molecular flexibility index (Phi) is 4.74. The van der Waals surface area contributed by atoms with E-state index in [1.165, 1.54) is 29.5 Å². The van der Waals surface area contributed by atoms with Crippen molar-refractivity contribution in [3.05, 3.63) is 83.2 Å². The third-order valence-corrected chi connectivity index (χ3v) is 4.10. The van der Waals surface area contributed by atoms with Crippen LogP contribution in [0, 0.1) is 5.82 Å². The Labute approximate surface area is 143 Å². The van der Waals surface area contributed by atoms with Gasteiger partial charge in [-0.25, -0.2) is 14.1 Å². The molecule has 0 aliphatic heterocycles. The van der Waals surface area contributed by atoms with Gasteiger partial charge in [-0.1, -0.05) is 53.5 Å². The Morgan fingerprint density at radius 1 is 1.13 bits per heavy atom. The van der Waals surface area contributed by atoms with Gasteiger partial charge in [-0.15, -0.1) is 0 Å². The first-order valence-electron chi connectivity index (χ1n) is 6.85. The Balaban J connectivity index is 2.10. The molecule has 0 aliphatic rings. The molecule has 3 aromatic rings. The highest BCUT2D eigenvalue weighted by Crippen LogP contribution is 2.33. The van der Waals surface area contributed by atoms with E-state index in [2.05, 4.69) is 10.1 Å². The van der Waals surface area contributed by atoms with E-state index >= 15 is 0 Å². The molecule has 2 aromatic carbocycles. The summed E-state index contributed by atoms with van der Waals surface area (Å²) in [6, 6.07) is 13.5. The second-order valence-electron chi connectivity index (χ2n) is 4.84. The molecule has 0 amide bonds. The minimum absolute atomic E-state index is 0.308. The summed E-state index contributed by atoms with van der Waals surface area (Å²) in [4.78, 5) is 3.91. The van der Waals surface area contributed by atoms with Crippen LogP contribution < -0.4 is 0 Å². The summed E-state index contributed by atoms with van der Waals surface area (Å²) >= 11 is 12.8. The lowest BCUT2D eigenvalue weighted by molar-refractivity contribution is 0.627. The molecule has 1 unspecified atom stereocenters. The number of benzene rings is 2. The van der Waals surface area contributed by atoms with E-state index < -0.39 is 5.50 Å². The molecule has 116 valence electrons. The SMILES string of the molecule is Fc1ccc(C(=Cc2ccccc2Cl)C(Cl)n2cncn2)cc1. The Morgan fingerprint density at radius 3 is 2.52 bits per heavy atom. The molecule has 3 rings (SSSR count). The first-order valence-corrected chi connectivity index (χ1v) is 7.67. The highest BCUT2D eigenvalue weighted by molar-refractivity contribution is 6.32. The molecular weight excluding hydrogens is 336 g/mol. The van der Waals surface area contributed by atoms with Crippen LogP contribution in [0.3, 0.4) is 0 Å². The van der Waals surface area contributed by atoms with Gasteiger partial charge in [-0.2, -0.15) is 5.10 Å². The van der Waals surface area contributed by atoms with Crippen molar-refractivity contribution in [3.63, 3.8) is 0 Å². The van der Waals surface area contributed by atoms with Crippen molar-refractivity contribution in [2.24, 2.45) is 0 Å². The maximum absolute atomic E-state index is 13.2. The molecule has 0 spiro atoms. The van der Waals surface area contributed by atoms with Gasteiger partial charge in [0.05, 0.1) is 0 Å². The van der Waals surface area contributed by atoms with Crippen molar-refractivity contribution in [2.75, 3.05) is 0 Å². The Bertz CT molecular complexity index is 814. The topological polar surface area (TPSA) is 30.7 Å². The average Bonchev–Trinajstić information content (AvgIpc) is 3.09. The summed E-state index contributed by atoms with van der Waals surface area (Å²) in [5, 5.41) is 4.68. The Morgan fingerprint density at radius 2 is 1.87 bits per heavy atom. The van der Waals surface area contributed by atoms with Crippen molar-refractivity contribution in [1.29, 1.82) is 0 Å². The van der Waals surface area contributed by atoms with Gasteiger partial charge in [0.2, 0.25) is 0 Å². The largest absolute Gasteiger partial charge is 0.230 e. The van der Waals surface area contributed by atoms with E-state index in [0.29, 0.717) is 5.02 Å². The van der Waals surface area contributed by atoms with E-state index in [1.54, 1.807) is 18.2 Å². The first kappa shape index (κ1) is 15.7. The average molecular weight is 348 g/mol. The fraction of sp³-hybridized carbons (Fsp3) is 0.0588. The van der Waals surface area contributed by atoms with Crippen molar-refractivity contribution >= 4 is 34.9 Å². The number of hydrogen-bond acceptors (Lipinski definition) is 2. The fourth-order valence-corrected chi connectivity index (χ4v) is 2.65. The maximum Gasteiger partial charge on any atom is 0.153 e. The van der Waals surface area contributed by atoms with Crippen molar-refractivity contribution in [1.82, 2.24) is 14.8 Å². The first-order chi connectivity index (χ1) is 11.1. The number of nitrogens with zero attached hydrogens (tertiary/aromatic N) is 3. The second kappa shape index (κ2) is 6.94. The molecule has 1 aromatic heterocycles. The van der Waals surface area contributed by atoms with Crippen molar-refractivity contribution in [2.45, 2.75) is 5.50 Å². The second-order valence-corrected chi connectivity index (χ2v) is 5.66. The predicted molar refractivity (Wildman–Crippen MR) is 90.6 cm³/mol. The van der Waals surface area contributed by atoms with Crippen LogP contribution in [0.4, 0.5) is 4.39 Å². The van der Waals surface area contributed by atoms with E-state index in [1.807, 2.05) is 24.3 Å². The zero-order valence-corrected chi connectivity index (χ0v) is 13.4. The van der Waals surface area contributed by atoms with Crippen LogP contribution in [0.2, 0.25) is 5.02 Å². The van der Waals surface area contributed by atoms with Crippen LogP contribution in [0.15, 0.2) is 61.2 Å². The van der Waals surface area contributed by atoms with Crippen LogP contribution in [-0.2, 0) is 0 Å². The maximum atomic E-state index is 13.2. The number of halogens is 3. The number of aromatic nitrogens is 3. The molecule has 6 heteroatoms. The standard InChI is InChI=1S/C17H12Cl2FN3/c18-16-4-2-1-3-13(16)9-15(12-5-7-14(20)8-6-12)17(19)23-11-21-10-22-23/h1-11,17H. The fourth-order valence-electron chi connectivity index (χ4n) is 2.17. The van der Waals surface area contributed by atoms with Crippen molar-refractivity contribution in [3.8, 4) is 0 Å². The van der Waals surface area contributed by atoms with Crippen LogP contribution >= 0.6 is 23.2 Å². The quantitative estimate of drug-likeness (QED) is 0.488. The summed E-state index contributed by atoms with van der Waals surface area (Å²) in [5.74, 6) is -0.308. The minimum atomic E-state index is -0.598. The zero-order valence-electron chi connectivity index (χ0n) is 11.9. The van der Waals surface area contributed by atoms with Gasteiger partial charge >= 0.3 is 0 Å². The molecular formula is C17H12Cl2FN3. The van der Waals surface area contributed by atoms with E-state index in [4.69, 9.17) is 23.2 Å². The van der Waals surface area contributed by atoms with Crippen LogP contribution in [-0.4, -0.2) is 14.8 Å². The number of allylic oxidation sites excluding steroid dienone is 1. The molecule has 1 atom stereocenters. The van der Waals surface area contributed by atoms with Crippen LogP contribution in [0.1, 0.15) is 16.6 Å². The highest BCUT2D eigenvalue weighted by atomic mass is 35.5. The lowest BCUT2D eigenvalue weighted by atomic mass is 10.0. The zero-order chi connectivity index (χ0) is 16.2.